The average molecular weight is 352 g/mol. The number of hydrogen-bond donors (Lipinski definition) is 1. The van der Waals surface area contributed by atoms with E-state index in [0.717, 1.165) is 11.3 Å². The lowest BCUT2D eigenvalue weighted by Gasteiger charge is -2.17. The summed E-state index contributed by atoms with van der Waals surface area (Å²) in [6.07, 6.45) is 0. The largest absolute Gasteiger partial charge is 0.468 e. The maximum atomic E-state index is 13.1. The van der Waals surface area contributed by atoms with E-state index in [1.807, 2.05) is 30.3 Å². The zero-order chi connectivity index (χ0) is 15.2. The first-order chi connectivity index (χ1) is 10.1. The van der Waals surface area contributed by atoms with Crippen molar-refractivity contribution >= 4 is 27.6 Å². The van der Waals surface area contributed by atoms with Gasteiger partial charge in [0.15, 0.2) is 0 Å². The van der Waals surface area contributed by atoms with Crippen molar-refractivity contribution in [1.29, 1.82) is 0 Å². The molecule has 21 heavy (non-hydrogen) atoms. The Morgan fingerprint density at radius 1 is 1.29 bits per heavy atom. The molecule has 1 atom stereocenters. The minimum Gasteiger partial charge on any atom is -0.468 e. The van der Waals surface area contributed by atoms with E-state index in [0.29, 0.717) is 11.0 Å². The summed E-state index contributed by atoms with van der Waals surface area (Å²) in [6, 6.07) is 13.8. The predicted molar refractivity (Wildman–Crippen MR) is 83.8 cm³/mol. The van der Waals surface area contributed by atoms with Crippen molar-refractivity contribution in [3.8, 4) is 0 Å². The van der Waals surface area contributed by atoms with Crippen molar-refractivity contribution in [2.75, 3.05) is 19.0 Å². The Bertz CT molecular complexity index is 619. The van der Waals surface area contributed by atoms with Crippen LogP contribution in [0.4, 0.5) is 10.1 Å². The molecule has 0 saturated carbocycles. The molecular formula is C16H15BrFNO2. The average Bonchev–Trinajstić information content (AvgIpc) is 2.50. The van der Waals surface area contributed by atoms with Gasteiger partial charge in [0.1, 0.15) is 5.82 Å². The second-order valence-electron chi connectivity index (χ2n) is 4.49. The van der Waals surface area contributed by atoms with Crippen molar-refractivity contribution in [2.45, 2.75) is 5.92 Å². The Kier molecular flexibility index (Phi) is 5.33. The molecule has 2 aromatic rings. The van der Waals surface area contributed by atoms with Gasteiger partial charge >= 0.3 is 5.97 Å². The monoisotopic (exact) mass is 351 g/mol. The van der Waals surface area contributed by atoms with Gasteiger partial charge in [-0.05, 0) is 39.7 Å². The highest BCUT2D eigenvalue weighted by Crippen LogP contribution is 2.25. The van der Waals surface area contributed by atoms with E-state index < -0.39 is 5.92 Å². The van der Waals surface area contributed by atoms with E-state index in [1.54, 1.807) is 6.07 Å². The molecule has 0 heterocycles. The summed E-state index contributed by atoms with van der Waals surface area (Å²) in [6.45, 7) is 0.362. The predicted octanol–water partition coefficient (Wildman–Crippen LogP) is 3.96. The van der Waals surface area contributed by atoms with Gasteiger partial charge in [-0.15, -0.1) is 0 Å². The van der Waals surface area contributed by atoms with E-state index in [-0.39, 0.29) is 11.8 Å². The third-order valence-corrected chi connectivity index (χ3v) is 3.77. The Balaban J connectivity index is 2.15. The number of halogens is 2. The first-order valence-electron chi connectivity index (χ1n) is 6.43. The maximum absolute atomic E-state index is 13.1. The van der Waals surface area contributed by atoms with Crippen molar-refractivity contribution in [3.63, 3.8) is 0 Å². The van der Waals surface area contributed by atoms with Crippen LogP contribution in [0.5, 0.6) is 0 Å². The molecular weight excluding hydrogens is 337 g/mol. The number of benzene rings is 2. The molecule has 0 fully saturated rings. The van der Waals surface area contributed by atoms with Crippen molar-refractivity contribution < 1.29 is 13.9 Å². The van der Waals surface area contributed by atoms with Gasteiger partial charge in [-0.3, -0.25) is 4.79 Å². The van der Waals surface area contributed by atoms with Gasteiger partial charge in [0.2, 0.25) is 0 Å². The number of anilines is 1. The zero-order valence-electron chi connectivity index (χ0n) is 11.5. The van der Waals surface area contributed by atoms with Crippen molar-refractivity contribution in [1.82, 2.24) is 0 Å². The molecule has 1 N–H and O–H groups in total. The number of ether oxygens (including phenoxy) is 1. The summed E-state index contributed by atoms with van der Waals surface area (Å²) in [5.41, 5.74) is 1.59. The highest BCUT2D eigenvalue weighted by Gasteiger charge is 2.21. The Morgan fingerprint density at radius 2 is 2.00 bits per heavy atom. The summed E-state index contributed by atoms with van der Waals surface area (Å²) in [7, 11) is 1.37. The number of esters is 1. The van der Waals surface area contributed by atoms with Gasteiger partial charge in [0.25, 0.3) is 0 Å². The maximum Gasteiger partial charge on any atom is 0.314 e. The number of carbonyl (C=O) groups excluding carboxylic acids is 1. The lowest BCUT2D eigenvalue weighted by molar-refractivity contribution is -0.142. The van der Waals surface area contributed by atoms with Crippen LogP contribution in [-0.2, 0) is 9.53 Å². The molecule has 3 nitrogen and oxygen atoms in total. The lowest BCUT2D eigenvalue weighted by atomic mass is 9.99. The lowest BCUT2D eigenvalue weighted by Crippen LogP contribution is -2.22. The molecule has 0 aromatic heterocycles. The fourth-order valence-corrected chi connectivity index (χ4v) is 2.50. The highest BCUT2D eigenvalue weighted by atomic mass is 79.9. The summed E-state index contributed by atoms with van der Waals surface area (Å²) in [4.78, 5) is 11.9. The normalized spacial score (nSPS) is 11.8. The van der Waals surface area contributed by atoms with Crippen LogP contribution in [0.1, 0.15) is 11.5 Å². The molecule has 110 valence electrons. The second-order valence-corrected chi connectivity index (χ2v) is 5.35. The molecule has 5 heteroatoms. The summed E-state index contributed by atoms with van der Waals surface area (Å²) >= 11 is 3.29. The highest BCUT2D eigenvalue weighted by molar-refractivity contribution is 9.10. The van der Waals surface area contributed by atoms with E-state index in [4.69, 9.17) is 4.74 Å². The van der Waals surface area contributed by atoms with Gasteiger partial charge in [-0.1, -0.05) is 30.3 Å². The molecule has 0 saturated heterocycles. The topological polar surface area (TPSA) is 38.3 Å². The van der Waals surface area contributed by atoms with Crippen molar-refractivity contribution in [2.24, 2.45) is 0 Å². The number of rotatable bonds is 5. The van der Waals surface area contributed by atoms with Crippen LogP contribution in [0.3, 0.4) is 0 Å². The number of carbonyl (C=O) groups is 1. The summed E-state index contributed by atoms with van der Waals surface area (Å²) in [5, 5.41) is 3.14. The van der Waals surface area contributed by atoms with E-state index in [1.165, 1.54) is 19.2 Å². The third-order valence-electron chi connectivity index (χ3n) is 3.12. The standard InChI is InChI=1S/C16H15BrFNO2/c1-21-16(20)13(11-5-3-2-4-6-11)10-19-15-8-7-12(18)9-14(15)17/h2-9,13,19H,10H2,1H3. The number of methoxy groups -OCH3 is 1. The summed E-state index contributed by atoms with van der Waals surface area (Å²) in [5.74, 6) is -1.06. The third kappa shape index (κ3) is 4.04. The Morgan fingerprint density at radius 3 is 2.62 bits per heavy atom. The second kappa shape index (κ2) is 7.22. The van der Waals surface area contributed by atoms with Crippen LogP contribution in [-0.4, -0.2) is 19.6 Å². The number of hydrogen-bond acceptors (Lipinski definition) is 3. The fourth-order valence-electron chi connectivity index (χ4n) is 2.01. The van der Waals surface area contributed by atoms with Crippen LogP contribution in [0.25, 0.3) is 0 Å². The van der Waals surface area contributed by atoms with Crippen LogP contribution in [0.15, 0.2) is 53.0 Å². The molecule has 0 aliphatic carbocycles. The van der Waals surface area contributed by atoms with Gasteiger partial charge in [0.05, 0.1) is 13.0 Å². The zero-order valence-corrected chi connectivity index (χ0v) is 13.1. The molecule has 2 aromatic carbocycles. The molecule has 0 bridgehead atoms. The molecule has 0 aliphatic heterocycles. The van der Waals surface area contributed by atoms with Crippen molar-refractivity contribution in [3.05, 3.63) is 64.4 Å². The Hall–Kier alpha value is -1.88. The minimum atomic E-state index is -0.423. The van der Waals surface area contributed by atoms with Gasteiger partial charge < -0.3 is 10.1 Å². The smallest absolute Gasteiger partial charge is 0.314 e. The van der Waals surface area contributed by atoms with Crippen LogP contribution in [0.2, 0.25) is 0 Å². The molecule has 0 amide bonds. The van der Waals surface area contributed by atoms with Crippen LogP contribution >= 0.6 is 15.9 Å². The molecule has 0 radical (unpaired) electrons. The van der Waals surface area contributed by atoms with Crippen LogP contribution in [0, 0.1) is 5.82 Å². The van der Waals surface area contributed by atoms with E-state index in [9.17, 15) is 9.18 Å². The first-order valence-corrected chi connectivity index (χ1v) is 7.23. The summed E-state index contributed by atoms with van der Waals surface area (Å²) < 4.78 is 18.5. The molecule has 0 spiro atoms. The van der Waals surface area contributed by atoms with Gasteiger partial charge in [-0.25, -0.2) is 4.39 Å². The molecule has 1 unspecified atom stereocenters. The number of nitrogens with one attached hydrogen (secondary N) is 1. The molecule has 2 rings (SSSR count). The minimum absolute atomic E-state index is 0.313. The Labute approximate surface area is 131 Å². The quantitative estimate of drug-likeness (QED) is 0.828. The van der Waals surface area contributed by atoms with Crippen LogP contribution < -0.4 is 5.32 Å². The van der Waals surface area contributed by atoms with Gasteiger partial charge in [-0.2, -0.15) is 0 Å². The SMILES string of the molecule is COC(=O)C(CNc1ccc(F)cc1Br)c1ccccc1. The first kappa shape index (κ1) is 15.5. The van der Waals surface area contributed by atoms with Gasteiger partial charge in [0, 0.05) is 16.7 Å². The van der Waals surface area contributed by atoms with E-state index >= 15 is 0 Å². The fraction of sp³-hybridized carbons (Fsp3) is 0.188. The molecule has 0 aliphatic rings. The van der Waals surface area contributed by atoms with E-state index in [2.05, 4.69) is 21.2 Å².